The number of rotatable bonds is 3. The zero-order valence-electron chi connectivity index (χ0n) is 13.6. The molecule has 2 aliphatic rings. The predicted molar refractivity (Wildman–Crippen MR) is 81.8 cm³/mol. The monoisotopic (exact) mass is 281 g/mol. The van der Waals surface area contributed by atoms with Gasteiger partial charge in [-0.2, -0.15) is 0 Å². The predicted octanol–water partition coefficient (Wildman–Crippen LogP) is 3.78. The second kappa shape index (κ2) is 5.67. The Morgan fingerprint density at radius 1 is 1.20 bits per heavy atom. The lowest BCUT2D eigenvalue weighted by atomic mass is 9.70. The van der Waals surface area contributed by atoms with E-state index in [1.165, 1.54) is 25.7 Å². The third-order valence-corrected chi connectivity index (χ3v) is 5.92. The molecule has 0 aromatic heterocycles. The molecular formula is C17H31NO2. The van der Waals surface area contributed by atoms with E-state index in [0.717, 1.165) is 25.9 Å². The second-order valence-corrected chi connectivity index (χ2v) is 8.11. The van der Waals surface area contributed by atoms with Crippen LogP contribution in [0.5, 0.6) is 0 Å². The van der Waals surface area contributed by atoms with Crippen LogP contribution in [0.4, 0.5) is 0 Å². The molecule has 1 saturated carbocycles. The van der Waals surface area contributed by atoms with Gasteiger partial charge >= 0.3 is 5.97 Å². The van der Waals surface area contributed by atoms with Gasteiger partial charge in [0.2, 0.25) is 0 Å². The molecule has 1 aliphatic carbocycles. The average molecular weight is 281 g/mol. The highest BCUT2D eigenvalue weighted by Crippen LogP contribution is 2.42. The molecule has 1 N–H and O–H groups in total. The highest BCUT2D eigenvalue weighted by atomic mass is 16.4. The minimum atomic E-state index is -0.646. The Bertz CT molecular complexity index is 362. The number of carbonyl (C=O) groups is 1. The molecule has 0 spiro atoms. The van der Waals surface area contributed by atoms with Crippen LogP contribution in [0.25, 0.3) is 0 Å². The van der Waals surface area contributed by atoms with E-state index in [2.05, 4.69) is 18.7 Å². The number of hydrogen-bond donors (Lipinski definition) is 1. The molecule has 2 rings (SSSR count). The van der Waals surface area contributed by atoms with Gasteiger partial charge in [0.15, 0.2) is 0 Å². The van der Waals surface area contributed by atoms with Gasteiger partial charge in [-0.3, -0.25) is 9.69 Å². The molecule has 20 heavy (non-hydrogen) atoms. The fraction of sp³-hybridized carbons (Fsp3) is 0.941. The van der Waals surface area contributed by atoms with Crippen LogP contribution in [0.2, 0.25) is 0 Å². The van der Waals surface area contributed by atoms with E-state index in [4.69, 9.17) is 0 Å². The lowest BCUT2D eigenvalue weighted by Crippen LogP contribution is -2.53. The van der Waals surface area contributed by atoms with Crippen LogP contribution in [0.3, 0.4) is 0 Å². The highest BCUT2D eigenvalue weighted by molar-refractivity contribution is 5.74. The van der Waals surface area contributed by atoms with E-state index < -0.39 is 11.4 Å². The van der Waals surface area contributed by atoms with Gasteiger partial charge in [-0.05, 0) is 57.4 Å². The van der Waals surface area contributed by atoms with E-state index in [0.29, 0.717) is 11.5 Å². The molecule has 0 aromatic carbocycles. The van der Waals surface area contributed by atoms with Crippen LogP contribution in [0.1, 0.15) is 66.2 Å². The summed E-state index contributed by atoms with van der Waals surface area (Å²) in [5.74, 6) is -0.362. The molecule has 2 atom stereocenters. The fourth-order valence-electron chi connectivity index (χ4n) is 4.21. The Balaban J connectivity index is 2.08. The quantitative estimate of drug-likeness (QED) is 0.856. The summed E-state index contributed by atoms with van der Waals surface area (Å²) in [7, 11) is 0. The van der Waals surface area contributed by atoms with Crippen molar-refractivity contribution in [3.8, 4) is 0 Å². The van der Waals surface area contributed by atoms with Gasteiger partial charge < -0.3 is 5.11 Å². The molecule has 2 fully saturated rings. The first kappa shape index (κ1) is 15.8. The van der Waals surface area contributed by atoms with Crippen LogP contribution >= 0.6 is 0 Å². The van der Waals surface area contributed by atoms with Gasteiger partial charge in [0.1, 0.15) is 0 Å². The van der Waals surface area contributed by atoms with Gasteiger partial charge in [-0.1, -0.05) is 26.7 Å². The van der Waals surface area contributed by atoms with Crippen molar-refractivity contribution in [3.05, 3.63) is 0 Å². The molecule has 0 radical (unpaired) electrons. The van der Waals surface area contributed by atoms with Gasteiger partial charge in [-0.15, -0.1) is 0 Å². The van der Waals surface area contributed by atoms with Gasteiger partial charge in [0, 0.05) is 12.6 Å². The first-order valence-corrected chi connectivity index (χ1v) is 8.22. The fourth-order valence-corrected chi connectivity index (χ4v) is 4.21. The summed E-state index contributed by atoms with van der Waals surface area (Å²) in [5.41, 5.74) is -0.217. The van der Waals surface area contributed by atoms with Crippen molar-refractivity contribution in [2.45, 2.75) is 72.3 Å². The normalized spacial score (nSPS) is 32.0. The number of piperidine rings is 1. The Morgan fingerprint density at radius 3 is 2.50 bits per heavy atom. The number of carboxylic acid groups (broad SMARTS) is 1. The number of aliphatic carboxylic acids is 1. The molecule has 1 heterocycles. The summed E-state index contributed by atoms with van der Waals surface area (Å²) < 4.78 is 0. The Kier molecular flexibility index (Phi) is 4.48. The van der Waals surface area contributed by atoms with Crippen molar-refractivity contribution >= 4 is 5.97 Å². The lowest BCUT2D eigenvalue weighted by molar-refractivity contribution is -0.152. The minimum Gasteiger partial charge on any atom is -0.481 e. The van der Waals surface area contributed by atoms with Crippen molar-refractivity contribution in [1.82, 2.24) is 4.90 Å². The van der Waals surface area contributed by atoms with Crippen LogP contribution in [0, 0.1) is 16.7 Å². The van der Waals surface area contributed by atoms with E-state index >= 15 is 0 Å². The zero-order valence-corrected chi connectivity index (χ0v) is 13.6. The topological polar surface area (TPSA) is 40.5 Å². The van der Waals surface area contributed by atoms with Crippen molar-refractivity contribution in [2.24, 2.45) is 16.7 Å². The SMILES string of the molecule is CC1(C)CCCCC1N1CCCC(C(C)(C)C(=O)O)C1. The summed E-state index contributed by atoms with van der Waals surface area (Å²) in [6.07, 6.45) is 7.48. The van der Waals surface area contributed by atoms with Crippen molar-refractivity contribution < 1.29 is 9.90 Å². The summed E-state index contributed by atoms with van der Waals surface area (Å²) >= 11 is 0. The van der Waals surface area contributed by atoms with E-state index in [9.17, 15) is 9.90 Å². The highest BCUT2D eigenvalue weighted by Gasteiger charge is 2.43. The van der Waals surface area contributed by atoms with Gasteiger partial charge in [0.25, 0.3) is 0 Å². The molecule has 0 amide bonds. The van der Waals surface area contributed by atoms with Crippen LogP contribution in [-0.4, -0.2) is 35.1 Å². The van der Waals surface area contributed by atoms with Gasteiger partial charge in [-0.25, -0.2) is 0 Å². The van der Waals surface area contributed by atoms with Gasteiger partial charge in [0.05, 0.1) is 5.41 Å². The van der Waals surface area contributed by atoms with E-state index in [1.54, 1.807) is 0 Å². The standard InChI is InChI=1S/C17H31NO2/c1-16(2)10-6-5-9-14(16)18-11-7-8-13(12-18)17(3,4)15(19)20/h13-14H,5-12H2,1-4H3,(H,19,20). The summed E-state index contributed by atoms with van der Waals surface area (Å²) in [5, 5.41) is 9.47. The summed E-state index contributed by atoms with van der Waals surface area (Å²) in [4.78, 5) is 14.1. The third kappa shape index (κ3) is 3.03. The molecule has 116 valence electrons. The van der Waals surface area contributed by atoms with E-state index in [1.807, 2.05) is 13.8 Å². The number of nitrogens with zero attached hydrogens (tertiary/aromatic N) is 1. The molecule has 0 bridgehead atoms. The number of likely N-dealkylation sites (tertiary alicyclic amines) is 1. The largest absolute Gasteiger partial charge is 0.481 e. The second-order valence-electron chi connectivity index (χ2n) is 8.11. The molecule has 1 saturated heterocycles. The Morgan fingerprint density at radius 2 is 1.90 bits per heavy atom. The van der Waals surface area contributed by atoms with E-state index in [-0.39, 0.29) is 5.92 Å². The minimum absolute atomic E-state index is 0.284. The first-order valence-electron chi connectivity index (χ1n) is 8.22. The third-order valence-electron chi connectivity index (χ3n) is 5.92. The molecular weight excluding hydrogens is 250 g/mol. The number of carboxylic acids is 1. The maximum absolute atomic E-state index is 11.5. The van der Waals surface area contributed by atoms with Crippen molar-refractivity contribution in [3.63, 3.8) is 0 Å². The molecule has 3 nitrogen and oxygen atoms in total. The lowest BCUT2D eigenvalue weighted by Gasteiger charge is -2.49. The van der Waals surface area contributed by atoms with Crippen LogP contribution in [-0.2, 0) is 4.79 Å². The average Bonchev–Trinajstić information content (AvgIpc) is 2.38. The first-order chi connectivity index (χ1) is 9.25. The molecule has 3 heteroatoms. The molecule has 2 unspecified atom stereocenters. The number of hydrogen-bond acceptors (Lipinski definition) is 2. The smallest absolute Gasteiger partial charge is 0.309 e. The Labute approximate surface area is 123 Å². The maximum atomic E-state index is 11.5. The molecule has 0 aromatic rings. The summed E-state index contributed by atoms with van der Waals surface area (Å²) in [6, 6.07) is 0.642. The van der Waals surface area contributed by atoms with Crippen LogP contribution < -0.4 is 0 Å². The Hall–Kier alpha value is -0.570. The van der Waals surface area contributed by atoms with Crippen molar-refractivity contribution in [2.75, 3.05) is 13.1 Å². The van der Waals surface area contributed by atoms with Crippen LogP contribution in [0.15, 0.2) is 0 Å². The zero-order chi connectivity index (χ0) is 15.0. The van der Waals surface area contributed by atoms with Crippen molar-refractivity contribution in [1.29, 1.82) is 0 Å². The maximum Gasteiger partial charge on any atom is 0.309 e. The summed E-state index contributed by atoms with van der Waals surface area (Å²) in [6.45, 7) is 10.7. The molecule has 1 aliphatic heterocycles.